The predicted octanol–water partition coefficient (Wildman–Crippen LogP) is 4.76. The number of rotatable bonds is 5. The fraction of sp³-hybridized carbons (Fsp3) is 1.00. The van der Waals surface area contributed by atoms with Crippen LogP contribution in [0, 0.1) is 5.92 Å². The second-order valence-corrected chi connectivity index (χ2v) is 4.77. The van der Waals surface area contributed by atoms with E-state index >= 15 is 0 Å². The summed E-state index contributed by atoms with van der Waals surface area (Å²) >= 11 is 5.65. The zero-order valence-electron chi connectivity index (χ0n) is 8.73. The Labute approximate surface area is 88.1 Å². The molecule has 0 unspecified atom stereocenters. The van der Waals surface area contributed by atoms with E-state index in [4.69, 9.17) is 11.6 Å². The standard InChI is InChI=1S/C12H23Cl/c13-11-7-3-6-10-12-8-4-1-2-5-9-12/h12H,1-11H2. The molecule has 1 rings (SSSR count). The lowest BCUT2D eigenvalue weighted by Crippen LogP contribution is -1.98. The molecule has 0 spiro atoms. The molecule has 1 aliphatic rings. The highest BCUT2D eigenvalue weighted by Crippen LogP contribution is 2.26. The van der Waals surface area contributed by atoms with E-state index in [0.717, 1.165) is 11.8 Å². The van der Waals surface area contributed by atoms with E-state index in [0.29, 0.717) is 0 Å². The van der Waals surface area contributed by atoms with Gasteiger partial charge in [0.25, 0.3) is 0 Å². The van der Waals surface area contributed by atoms with Gasteiger partial charge in [-0.15, -0.1) is 11.6 Å². The highest BCUT2D eigenvalue weighted by molar-refractivity contribution is 6.17. The average Bonchev–Trinajstić information content (AvgIpc) is 2.41. The van der Waals surface area contributed by atoms with Gasteiger partial charge in [0.15, 0.2) is 0 Å². The maximum atomic E-state index is 5.65. The van der Waals surface area contributed by atoms with Crippen molar-refractivity contribution in [3.05, 3.63) is 0 Å². The minimum Gasteiger partial charge on any atom is -0.127 e. The fourth-order valence-electron chi connectivity index (χ4n) is 2.36. The Hall–Kier alpha value is 0.290. The van der Waals surface area contributed by atoms with E-state index in [1.54, 1.807) is 0 Å². The van der Waals surface area contributed by atoms with Crippen LogP contribution in [-0.2, 0) is 0 Å². The van der Waals surface area contributed by atoms with Gasteiger partial charge in [-0.05, 0) is 12.3 Å². The summed E-state index contributed by atoms with van der Waals surface area (Å²) in [6.45, 7) is 0. The van der Waals surface area contributed by atoms with Crippen LogP contribution < -0.4 is 0 Å². The summed E-state index contributed by atoms with van der Waals surface area (Å²) in [5.41, 5.74) is 0. The molecule has 0 aromatic rings. The lowest BCUT2D eigenvalue weighted by atomic mass is 9.94. The Morgan fingerprint density at radius 2 is 1.54 bits per heavy atom. The number of halogens is 1. The summed E-state index contributed by atoms with van der Waals surface area (Å²) < 4.78 is 0. The summed E-state index contributed by atoms with van der Waals surface area (Å²) in [4.78, 5) is 0. The summed E-state index contributed by atoms with van der Waals surface area (Å²) in [7, 11) is 0. The van der Waals surface area contributed by atoms with Crippen molar-refractivity contribution < 1.29 is 0 Å². The lowest BCUT2D eigenvalue weighted by Gasteiger charge is -2.12. The normalized spacial score (nSPS) is 20.1. The monoisotopic (exact) mass is 202 g/mol. The van der Waals surface area contributed by atoms with Gasteiger partial charge in [-0.3, -0.25) is 0 Å². The third kappa shape index (κ3) is 5.57. The van der Waals surface area contributed by atoms with Crippen LogP contribution in [0.5, 0.6) is 0 Å². The van der Waals surface area contributed by atoms with Crippen LogP contribution in [0.3, 0.4) is 0 Å². The van der Waals surface area contributed by atoms with E-state index in [1.165, 1.54) is 64.2 Å². The smallest absolute Gasteiger partial charge is 0.0223 e. The van der Waals surface area contributed by atoms with Gasteiger partial charge in [0.05, 0.1) is 0 Å². The molecule has 1 aliphatic carbocycles. The van der Waals surface area contributed by atoms with E-state index in [9.17, 15) is 0 Å². The molecule has 1 fully saturated rings. The molecule has 0 saturated heterocycles. The predicted molar refractivity (Wildman–Crippen MR) is 60.4 cm³/mol. The van der Waals surface area contributed by atoms with Gasteiger partial charge in [0.1, 0.15) is 0 Å². The molecule has 0 aliphatic heterocycles. The van der Waals surface area contributed by atoms with Crippen LogP contribution in [0.15, 0.2) is 0 Å². The van der Waals surface area contributed by atoms with Gasteiger partial charge in [-0.2, -0.15) is 0 Å². The van der Waals surface area contributed by atoms with E-state index < -0.39 is 0 Å². The van der Waals surface area contributed by atoms with Gasteiger partial charge in [0, 0.05) is 5.88 Å². The van der Waals surface area contributed by atoms with Crippen LogP contribution in [0.2, 0.25) is 0 Å². The summed E-state index contributed by atoms with van der Waals surface area (Å²) in [6, 6.07) is 0. The first-order valence-electron chi connectivity index (χ1n) is 5.99. The number of alkyl halides is 1. The average molecular weight is 203 g/mol. The van der Waals surface area contributed by atoms with Gasteiger partial charge >= 0.3 is 0 Å². The van der Waals surface area contributed by atoms with Crippen molar-refractivity contribution in [3.8, 4) is 0 Å². The van der Waals surface area contributed by atoms with Crippen LogP contribution in [0.25, 0.3) is 0 Å². The Kier molecular flexibility index (Phi) is 6.71. The zero-order valence-corrected chi connectivity index (χ0v) is 9.49. The molecule has 0 radical (unpaired) electrons. The Bertz CT molecular complexity index is 104. The van der Waals surface area contributed by atoms with Crippen molar-refractivity contribution in [3.63, 3.8) is 0 Å². The Morgan fingerprint density at radius 3 is 2.15 bits per heavy atom. The molecular weight excluding hydrogens is 180 g/mol. The van der Waals surface area contributed by atoms with E-state index in [2.05, 4.69) is 0 Å². The molecule has 0 aromatic heterocycles. The first-order chi connectivity index (χ1) is 6.43. The topological polar surface area (TPSA) is 0 Å². The van der Waals surface area contributed by atoms with Gasteiger partial charge in [-0.25, -0.2) is 0 Å². The molecule has 0 heterocycles. The molecule has 0 bridgehead atoms. The van der Waals surface area contributed by atoms with Crippen molar-refractivity contribution in [2.75, 3.05) is 5.88 Å². The van der Waals surface area contributed by atoms with Crippen LogP contribution in [0.1, 0.15) is 64.2 Å². The van der Waals surface area contributed by atoms with E-state index in [-0.39, 0.29) is 0 Å². The Balaban J connectivity index is 1.98. The summed E-state index contributed by atoms with van der Waals surface area (Å²) in [5.74, 6) is 1.91. The zero-order chi connectivity index (χ0) is 9.36. The lowest BCUT2D eigenvalue weighted by molar-refractivity contribution is 0.409. The molecule has 0 atom stereocenters. The van der Waals surface area contributed by atoms with Crippen molar-refractivity contribution >= 4 is 11.6 Å². The highest BCUT2D eigenvalue weighted by atomic mass is 35.5. The maximum absolute atomic E-state index is 5.65. The first kappa shape index (κ1) is 11.4. The molecule has 0 N–H and O–H groups in total. The van der Waals surface area contributed by atoms with Crippen molar-refractivity contribution in [1.82, 2.24) is 0 Å². The molecule has 0 nitrogen and oxygen atoms in total. The van der Waals surface area contributed by atoms with Crippen LogP contribution >= 0.6 is 11.6 Å². The van der Waals surface area contributed by atoms with E-state index in [1.807, 2.05) is 0 Å². The number of hydrogen-bond acceptors (Lipinski definition) is 0. The SMILES string of the molecule is ClCCCCCC1CCCCCC1. The van der Waals surface area contributed by atoms with Crippen molar-refractivity contribution in [2.24, 2.45) is 5.92 Å². The highest BCUT2D eigenvalue weighted by Gasteiger charge is 2.11. The van der Waals surface area contributed by atoms with Crippen LogP contribution in [0.4, 0.5) is 0 Å². The summed E-state index contributed by atoms with van der Waals surface area (Å²) in [6.07, 6.45) is 14.4. The summed E-state index contributed by atoms with van der Waals surface area (Å²) in [5, 5.41) is 0. The molecular formula is C12H23Cl. The molecule has 1 heteroatoms. The largest absolute Gasteiger partial charge is 0.127 e. The van der Waals surface area contributed by atoms with Gasteiger partial charge in [-0.1, -0.05) is 57.8 Å². The third-order valence-electron chi connectivity index (χ3n) is 3.22. The minimum atomic E-state index is 0.852. The number of unbranched alkanes of at least 4 members (excludes halogenated alkanes) is 2. The second kappa shape index (κ2) is 7.67. The van der Waals surface area contributed by atoms with Crippen molar-refractivity contribution in [1.29, 1.82) is 0 Å². The molecule has 78 valence electrons. The Morgan fingerprint density at radius 1 is 0.846 bits per heavy atom. The first-order valence-corrected chi connectivity index (χ1v) is 6.53. The van der Waals surface area contributed by atoms with Gasteiger partial charge < -0.3 is 0 Å². The number of hydrogen-bond donors (Lipinski definition) is 0. The minimum absolute atomic E-state index is 0.852. The van der Waals surface area contributed by atoms with Gasteiger partial charge in [0.2, 0.25) is 0 Å². The fourth-order valence-corrected chi connectivity index (χ4v) is 2.55. The molecule has 0 amide bonds. The third-order valence-corrected chi connectivity index (χ3v) is 3.49. The second-order valence-electron chi connectivity index (χ2n) is 4.40. The molecule has 0 aromatic carbocycles. The van der Waals surface area contributed by atoms with Crippen LogP contribution in [-0.4, -0.2) is 5.88 Å². The quantitative estimate of drug-likeness (QED) is 0.343. The molecule has 1 saturated carbocycles. The van der Waals surface area contributed by atoms with Crippen molar-refractivity contribution in [2.45, 2.75) is 64.2 Å². The molecule has 13 heavy (non-hydrogen) atoms. The maximum Gasteiger partial charge on any atom is 0.0223 e.